The van der Waals surface area contributed by atoms with Crippen molar-refractivity contribution in [3.8, 4) is 0 Å². The van der Waals surface area contributed by atoms with E-state index in [9.17, 15) is 0 Å². The Morgan fingerprint density at radius 1 is 1.05 bits per heavy atom. The van der Waals surface area contributed by atoms with E-state index in [1.165, 1.54) is 57.4 Å². The molecule has 0 amide bonds. The zero-order valence-electron chi connectivity index (χ0n) is 12.1. The van der Waals surface area contributed by atoms with Gasteiger partial charge in [-0.2, -0.15) is 0 Å². The molecule has 0 atom stereocenters. The van der Waals surface area contributed by atoms with Gasteiger partial charge < -0.3 is 5.32 Å². The molecule has 0 spiro atoms. The molecule has 19 heavy (non-hydrogen) atoms. The van der Waals surface area contributed by atoms with Gasteiger partial charge in [-0.1, -0.05) is 30.3 Å². The van der Waals surface area contributed by atoms with Crippen LogP contribution in [0, 0.1) is 0 Å². The first-order chi connectivity index (χ1) is 9.28. The van der Waals surface area contributed by atoms with Gasteiger partial charge in [0, 0.05) is 5.54 Å². The Bertz CT molecular complexity index is 387. The first kappa shape index (κ1) is 13.1. The van der Waals surface area contributed by atoms with Gasteiger partial charge in [0.05, 0.1) is 0 Å². The Kier molecular flexibility index (Phi) is 3.90. The summed E-state index contributed by atoms with van der Waals surface area (Å²) in [6.07, 6.45) is 5.27. The summed E-state index contributed by atoms with van der Waals surface area (Å²) in [6.45, 7) is 7.40. The van der Waals surface area contributed by atoms with Crippen LogP contribution in [0.25, 0.3) is 0 Å². The number of piperidine rings is 2. The molecule has 2 aliphatic rings. The van der Waals surface area contributed by atoms with Crippen molar-refractivity contribution >= 4 is 0 Å². The minimum absolute atomic E-state index is 0.451. The summed E-state index contributed by atoms with van der Waals surface area (Å²) in [5, 5.41) is 3.49. The predicted octanol–water partition coefficient (Wildman–Crippen LogP) is 3.01. The fraction of sp³-hybridized carbons (Fsp3) is 0.647. The van der Waals surface area contributed by atoms with E-state index in [0.29, 0.717) is 5.54 Å². The molecular weight excluding hydrogens is 232 g/mol. The molecule has 1 N–H and O–H groups in total. The van der Waals surface area contributed by atoms with Crippen LogP contribution in [0.2, 0.25) is 0 Å². The molecule has 2 heteroatoms. The molecule has 3 rings (SSSR count). The highest BCUT2D eigenvalue weighted by atomic mass is 15.2. The van der Waals surface area contributed by atoms with E-state index in [1.54, 1.807) is 0 Å². The van der Waals surface area contributed by atoms with Gasteiger partial charge in [-0.15, -0.1) is 0 Å². The maximum Gasteiger partial charge on any atom is 0.0205 e. The largest absolute Gasteiger partial charge is 0.317 e. The average molecular weight is 258 g/mol. The van der Waals surface area contributed by atoms with Crippen LogP contribution in [-0.2, 0) is 0 Å². The Hall–Kier alpha value is -0.860. The lowest BCUT2D eigenvalue weighted by molar-refractivity contribution is 0.0486. The van der Waals surface area contributed by atoms with E-state index in [2.05, 4.69) is 47.5 Å². The minimum Gasteiger partial charge on any atom is -0.317 e. The molecule has 0 aromatic heterocycles. The topological polar surface area (TPSA) is 15.3 Å². The zero-order chi connectivity index (χ0) is 13.1. The fourth-order valence-corrected chi connectivity index (χ4v) is 3.76. The molecular formula is C17H26N2. The fourth-order valence-electron chi connectivity index (χ4n) is 3.76. The van der Waals surface area contributed by atoms with E-state index in [-0.39, 0.29) is 0 Å². The van der Waals surface area contributed by atoms with Crippen molar-refractivity contribution in [1.29, 1.82) is 0 Å². The van der Waals surface area contributed by atoms with Gasteiger partial charge in [0.2, 0.25) is 0 Å². The van der Waals surface area contributed by atoms with Crippen LogP contribution in [0.15, 0.2) is 30.3 Å². The van der Waals surface area contributed by atoms with Gasteiger partial charge in [0.1, 0.15) is 0 Å². The molecule has 1 aromatic carbocycles. The van der Waals surface area contributed by atoms with Gasteiger partial charge in [0.15, 0.2) is 0 Å². The number of rotatable bonds is 2. The van der Waals surface area contributed by atoms with Gasteiger partial charge in [-0.25, -0.2) is 0 Å². The van der Waals surface area contributed by atoms with Crippen LogP contribution >= 0.6 is 0 Å². The summed E-state index contributed by atoms with van der Waals surface area (Å²) in [5.41, 5.74) is 1.99. The summed E-state index contributed by atoms with van der Waals surface area (Å²) in [6, 6.07) is 11.1. The quantitative estimate of drug-likeness (QED) is 0.877. The van der Waals surface area contributed by atoms with Crippen LogP contribution in [-0.4, -0.2) is 36.6 Å². The summed E-state index contributed by atoms with van der Waals surface area (Å²) in [5.74, 6) is 0.780. The van der Waals surface area contributed by atoms with Crippen LogP contribution in [0.5, 0.6) is 0 Å². The molecule has 104 valence electrons. The van der Waals surface area contributed by atoms with Crippen molar-refractivity contribution in [1.82, 2.24) is 10.2 Å². The highest BCUT2D eigenvalue weighted by Gasteiger charge is 2.35. The Labute approximate surface area is 117 Å². The average Bonchev–Trinajstić information content (AvgIpc) is 2.49. The van der Waals surface area contributed by atoms with Crippen LogP contribution in [0.3, 0.4) is 0 Å². The highest BCUT2D eigenvalue weighted by molar-refractivity contribution is 5.20. The lowest BCUT2D eigenvalue weighted by Gasteiger charge is -2.47. The third kappa shape index (κ3) is 2.85. The van der Waals surface area contributed by atoms with Crippen LogP contribution in [0.4, 0.5) is 0 Å². The maximum atomic E-state index is 3.49. The Balaban J connectivity index is 1.60. The Morgan fingerprint density at radius 3 is 2.32 bits per heavy atom. The highest BCUT2D eigenvalue weighted by Crippen LogP contribution is 2.34. The van der Waals surface area contributed by atoms with Crippen molar-refractivity contribution in [2.75, 3.05) is 26.2 Å². The molecule has 0 bridgehead atoms. The second kappa shape index (κ2) is 5.64. The summed E-state index contributed by atoms with van der Waals surface area (Å²) < 4.78 is 0. The van der Waals surface area contributed by atoms with Crippen molar-refractivity contribution in [2.45, 2.75) is 44.1 Å². The van der Waals surface area contributed by atoms with E-state index in [0.717, 1.165) is 5.92 Å². The predicted molar refractivity (Wildman–Crippen MR) is 80.5 cm³/mol. The molecule has 0 radical (unpaired) electrons. The molecule has 0 unspecified atom stereocenters. The summed E-state index contributed by atoms with van der Waals surface area (Å²) in [4.78, 5) is 2.76. The van der Waals surface area contributed by atoms with E-state index in [4.69, 9.17) is 0 Å². The number of nitrogens with one attached hydrogen (secondary N) is 1. The molecule has 2 saturated heterocycles. The molecule has 1 aromatic rings. The molecule has 2 nitrogen and oxygen atoms in total. The smallest absolute Gasteiger partial charge is 0.0205 e. The summed E-state index contributed by atoms with van der Waals surface area (Å²) >= 11 is 0. The van der Waals surface area contributed by atoms with E-state index in [1.807, 2.05) is 0 Å². The Morgan fingerprint density at radius 2 is 1.68 bits per heavy atom. The number of nitrogens with zero attached hydrogens (tertiary/aromatic N) is 1. The van der Waals surface area contributed by atoms with Crippen LogP contribution < -0.4 is 5.32 Å². The van der Waals surface area contributed by atoms with Crippen LogP contribution in [0.1, 0.15) is 44.1 Å². The monoisotopic (exact) mass is 258 g/mol. The summed E-state index contributed by atoms with van der Waals surface area (Å²) in [7, 11) is 0. The number of hydrogen-bond acceptors (Lipinski definition) is 2. The second-order valence-electron chi connectivity index (χ2n) is 6.42. The lowest BCUT2D eigenvalue weighted by Crippen LogP contribution is -2.54. The van der Waals surface area contributed by atoms with E-state index < -0.39 is 0 Å². The van der Waals surface area contributed by atoms with Gasteiger partial charge in [-0.05, 0) is 70.3 Å². The van der Waals surface area contributed by atoms with Crippen molar-refractivity contribution < 1.29 is 0 Å². The molecule has 2 heterocycles. The number of benzene rings is 1. The molecule has 2 fully saturated rings. The number of likely N-dealkylation sites (tertiary alicyclic amines) is 1. The standard InChI is InChI=1S/C17H26N2/c1-17(9-11-18-12-10-17)19-13-7-16(8-14-19)15-5-3-2-4-6-15/h2-6,16,18H,7-14H2,1H3. The SMILES string of the molecule is CC1(N2CCC(c3ccccc3)CC2)CCNCC1. The van der Waals surface area contributed by atoms with Crippen molar-refractivity contribution in [3.05, 3.63) is 35.9 Å². The molecule has 2 aliphatic heterocycles. The number of hydrogen-bond donors (Lipinski definition) is 1. The van der Waals surface area contributed by atoms with E-state index >= 15 is 0 Å². The van der Waals surface area contributed by atoms with Gasteiger partial charge >= 0.3 is 0 Å². The molecule has 0 saturated carbocycles. The van der Waals surface area contributed by atoms with Crippen molar-refractivity contribution in [2.24, 2.45) is 0 Å². The molecule has 0 aliphatic carbocycles. The second-order valence-corrected chi connectivity index (χ2v) is 6.42. The van der Waals surface area contributed by atoms with Gasteiger partial charge in [0.25, 0.3) is 0 Å². The lowest BCUT2D eigenvalue weighted by atomic mass is 9.83. The van der Waals surface area contributed by atoms with Crippen molar-refractivity contribution in [3.63, 3.8) is 0 Å². The first-order valence-corrected chi connectivity index (χ1v) is 7.79. The van der Waals surface area contributed by atoms with Gasteiger partial charge in [-0.3, -0.25) is 4.90 Å². The normalized spacial score (nSPS) is 25.3. The zero-order valence-corrected chi connectivity index (χ0v) is 12.1. The third-order valence-electron chi connectivity index (χ3n) is 5.21. The first-order valence-electron chi connectivity index (χ1n) is 7.79. The third-order valence-corrected chi connectivity index (χ3v) is 5.21. The minimum atomic E-state index is 0.451. The maximum absolute atomic E-state index is 3.49.